The van der Waals surface area contributed by atoms with E-state index < -0.39 is 0 Å². The van der Waals surface area contributed by atoms with Crippen molar-refractivity contribution in [1.82, 2.24) is 10.2 Å². The predicted molar refractivity (Wildman–Crippen MR) is 92.8 cm³/mol. The average Bonchev–Trinajstić information content (AvgIpc) is 3.01. The first-order chi connectivity index (χ1) is 10.1. The van der Waals surface area contributed by atoms with Crippen molar-refractivity contribution in [1.29, 1.82) is 0 Å². The van der Waals surface area contributed by atoms with Crippen molar-refractivity contribution < 1.29 is 0 Å². The van der Waals surface area contributed by atoms with Gasteiger partial charge in [0.2, 0.25) is 0 Å². The zero-order valence-corrected chi connectivity index (χ0v) is 14.2. The maximum atomic E-state index is 3.59. The summed E-state index contributed by atoms with van der Waals surface area (Å²) < 4.78 is 0. The smallest absolute Gasteiger partial charge is 0.0476 e. The van der Waals surface area contributed by atoms with Crippen LogP contribution in [-0.2, 0) is 0 Å². The molecule has 0 amide bonds. The van der Waals surface area contributed by atoms with E-state index in [4.69, 9.17) is 0 Å². The Morgan fingerprint density at radius 1 is 1.05 bits per heavy atom. The van der Waals surface area contributed by atoms with Crippen LogP contribution in [0.4, 0.5) is 0 Å². The third-order valence-corrected chi connectivity index (χ3v) is 5.00. The summed E-state index contributed by atoms with van der Waals surface area (Å²) in [6.07, 6.45) is 0. The minimum Gasteiger partial charge on any atom is -0.313 e. The van der Waals surface area contributed by atoms with E-state index >= 15 is 0 Å². The van der Waals surface area contributed by atoms with Crippen molar-refractivity contribution in [2.24, 2.45) is 0 Å². The van der Waals surface area contributed by atoms with E-state index in [1.807, 2.05) is 11.3 Å². The minimum absolute atomic E-state index is 0.380. The molecule has 1 heterocycles. The van der Waals surface area contributed by atoms with Gasteiger partial charge in [0.25, 0.3) is 0 Å². The van der Waals surface area contributed by atoms with Crippen LogP contribution in [0.3, 0.4) is 0 Å². The summed E-state index contributed by atoms with van der Waals surface area (Å²) in [6.45, 7) is 7.65. The lowest BCUT2D eigenvalue weighted by Gasteiger charge is -2.34. The quantitative estimate of drug-likeness (QED) is 0.811. The molecule has 0 saturated heterocycles. The Morgan fingerprint density at radius 2 is 1.76 bits per heavy atom. The van der Waals surface area contributed by atoms with E-state index in [9.17, 15) is 0 Å². The molecule has 2 rings (SSSR count). The standard InChI is InChI=1S/C18H26N2S/c1-14(2)19-13-17(16-9-6-5-7-10-16)20(4)15(3)18-11-8-12-21-18/h5-12,14-15,17,19H,13H2,1-4H3. The Hall–Kier alpha value is -1.16. The van der Waals surface area contributed by atoms with Gasteiger partial charge in [-0.2, -0.15) is 0 Å². The van der Waals surface area contributed by atoms with Gasteiger partial charge in [-0.3, -0.25) is 4.90 Å². The Bertz CT molecular complexity index is 507. The lowest BCUT2D eigenvalue weighted by Crippen LogP contribution is -2.37. The minimum atomic E-state index is 0.380. The molecule has 2 unspecified atom stereocenters. The third kappa shape index (κ3) is 4.40. The maximum Gasteiger partial charge on any atom is 0.0476 e. The Labute approximate surface area is 132 Å². The summed E-state index contributed by atoms with van der Waals surface area (Å²) >= 11 is 1.83. The second-order valence-electron chi connectivity index (χ2n) is 5.85. The first-order valence-electron chi connectivity index (χ1n) is 7.63. The molecule has 0 aliphatic heterocycles. The van der Waals surface area contributed by atoms with E-state index in [0.717, 1.165) is 6.54 Å². The van der Waals surface area contributed by atoms with Crippen molar-refractivity contribution in [3.63, 3.8) is 0 Å². The van der Waals surface area contributed by atoms with Gasteiger partial charge in [0.05, 0.1) is 0 Å². The first kappa shape index (κ1) is 16.2. The molecule has 2 aromatic rings. The van der Waals surface area contributed by atoms with E-state index in [2.05, 4.69) is 85.9 Å². The van der Waals surface area contributed by atoms with Crippen LogP contribution in [0.5, 0.6) is 0 Å². The molecule has 0 spiro atoms. The van der Waals surface area contributed by atoms with Crippen LogP contribution in [0.15, 0.2) is 47.8 Å². The fraction of sp³-hybridized carbons (Fsp3) is 0.444. The van der Waals surface area contributed by atoms with Gasteiger partial charge in [-0.1, -0.05) is 50.2 Å². The molecule has 3 heteroatoms. The predicted octanol–water partition coefficient (Wildman–Crippen LogP) is 4.48. The van der Waals surface area contributed by atoms with Crippen molar-refractivity contribution in [3.8, 4) is 0 Å². The summed E-state index contributed by atoms with van der Waals surface area (Å²) in [6, 6.07) is 16.4. The molecule has 114 valence electrons. The zero-order valence-electron chi connectivity index (χ0n) is 13.4. The molecule has 0 radical (unpaired) electrons. The Kier molecular flexibility index (Phi) is 5.97. The van der Waals surface area contributed by atoms with Gasteiger partial charge in [0, 0.05) is 29.5 Å². The molecule has 1 aromatic carbocycles. The highest BCUT2D eigenvalue weighted by Gasteiger charge is 2.23. The highest BCUT2D eigenvalue weighted by molar-refractivity contribution is 7.10. The Balaban J connectivity index is 2.18. The van der Waals surface area contributed by atoms with Crippen LogP contribution in [0, 0.1) is 0 Å². The van der Waals surface area contributed by atoms with Gasteiger partial charge in [-0.05, 0) is 31.0 Å². The first-order valence-corrected chi connectivity index (χ1v) is 8.51. The Morgan fingerprint density at radius 3 is 2.33 bits per heavy atom. The molecule has 1 aromatic heterocycles. The SMILES string of the molecule is CC(C)NCC(c1ccccc1)N(C)C(C)c1cccs1. The number of hydrogen-bond donors (Lipinski definition) is 1. The molecule has 0 bridgehead atoms. The van der Waals surface area contributed by atoms with Crippen molar-refractivity contribution in [2.75, 3.05) is 13.6 Å². The molecule has 0 aliphatic carbocycles. The van der Waals surface area contributed by atoms with Gasteiger partial charge in [-0.25, -0.2) is 0 Å². The summed E-state index contributed by atoms with van der Waals surface area (Å²) in [4.78, 5) is 3.89. The third-order valence-electron chi connectivity index (χ3n) is 3.96. The topological polar surface area (TPSA) is 15.3 Å². The monoisotopic (exact) mass is 302 g/mol. The van der Waals surface area contributed by atoms with Gasteiger partial charge in [-0.15, -0.1) is 11.3 Å². The van der Waals surface area contributed by atoms with Crippen LogP contribution < -0.4 is 5.32 Å². The molecule has 1 N–H and O–H groups in total. The lowest BCUT2D eigenvalue weighted by atomic mass is 10.0. The second kappa shape index (κ2) is 7.74. The van der Waals surface area contributed by atoms with Crippen LogP contribution in [-0.4, -0.2) is 24.5 Å². The molecular weight excluding hydrogens is 276 g/mol. The van der Waals surface area contributed by atoms with Crippen LogP contribution in [0.25, 0.3) is 0 Å². The summed E-state index contributed by atoms with van der Waals surface area (Å²) in [7, 11) is 2.23. The summed E-state index contributed by atoms with van der Waals surface area (Å²) in [5, 5.41) is 5.74. The second-order valence-corrected chi connectivity index (χ2v) is 6.83. The number of rotatable bonds is 7. The van der Waals surface area contributed by atoms with E-state index in [-0.39, 0.29) is 0 Å². The number of nitrogens with zero attached hydrogens (tertiary/aromatic N) is 1. The van der Waals surface area contributed by atoms with E-state index in [0.29, 0.717) is 18.1 Å². The number of nitrogens with one attached hydrogen (secondary N) is 1. The molecule has 2 atom stereocenters. The van der Waals surface area contributed by atoms with Crippen molar-refractivity contribution in [3.05, 3.63) is 58.3 Å². The fourth-order valence-corrected chi connectivity index (χ4v) is 3.35. The lowest BCUT2D eigenvalue weighted by molar-refractivity contribution is 0.181. The van der Waals surface area contributed by atoms with Crippen molar-refractivity contribution >= 4 is 11.3 Å². The van der Waals surface area contributed by atoms with Crippen LogP contribution in [0.1, 0.15) is 43.3 Å². The van der Waals surface area contributed by atoms with Gasteiger partial charge < -0.3 is 5.32 Å². The normalized spacial score (nSPS) is 14.6. The molecule has 0 fully saturated rings. The summed E-state index contributed by atoms with van der Waals surface area (Å²) in [5.41, 5.74) is 1.37. The van der Waals surface area contributed by atoms with E-state index in [1.54, 1.807) is 0 Å². The van der Waals surface area contributed by atoms with Gasteiger partial charge in [0.1, 0.15) is 0 Å². The highest BCUT2D eigenvalue weighted by atomic mass is 32.1. The fourth-order valence-electron chi connectivity index (χ4n) is 2.52. The molecular formula is C18H26N2S. The van der Waals surface area contributed by atoms with Crippen LogP contribution >= 0.6 is 11.3 Å². The average molecular weight is 302 g/mol. The maximum absolute atomic E-state index is 3.59. The molecule has 21 heavy (non-hydrogen) atoms. The molecule has 2 nitrogen and oxygen atoms in total. The van der Waals surface area contributed by atoms with Gasteiger partial charge >= 0.3 is 0 Å². The zero-order chi connectivity index (χ0) is 15.2. The number of thiophene rings is 1. The number of hydrogen-bond acceptors (Lipinski definition) is 3. The molecule has 0 aliphatic rings. The van der Waals surface area contributed by atoms with Gasteiger partial charge in [0.15, 0.2) is 0 Å². The van der Waals surface area contributed by atoms with Crippen LogP contribution in [0.2, 0.25) is 0 Å². The van der Waals surface area contributed by atoms with Crippen molar-refractivity contribution in [2.45, 2.75) is 38.9 Å². The van der Waals surface area contributed by atoms with E-state index in [1.165, 1.54) is 10.4 Å². The highest BCUT2D eigenvalue weighted by Crippen LogP contribution is 2.30. The number of benzene rings is 1. The largest absolute Gasteiger partial charge is 0.313 e. The number of likely N-dealkylation sites (N-methyl/N-ethyl adjacent to an activating group) is 1. The summed E-state index contributed by atoms with van der Waals surface area (Å²) in [5.74, 6) is 0. The molecule has 0 saturated carbocycles.